The molecule has 0 spiro atoms. The van der Waals surface area contributed by atoms with Crippen molar-refractivity contribution in [1.29, 1.82) is 5.26 Å². The minimum absolute atomic E-state index is 0.0855. The Bertz CT molecular complexity index is 1240. The largest absolute Gasteiger partial charge is 0.510 e. The van der Waals surface area contributed by atoms with Crippen LogP contribution in [0.3, 0.4) is 0 Å². The van der Waals surface area contributed by atoms with Gasteiger partial charge in [0, 0.05) is 0 Å². The molecule has 0 bridgehead atoms. The number of aliphatic hydroxyl groups excluding tert-OH is 1. The van der Waals surface area contributed by atoms with Gasteiger partial charge in [0.1, 0.15) is 17.4 Å². The number of thioether (sulfide) groups is 1. The molecule has 0 amide bonds. The lowest BCUT2D eigenvalue weighted by atomic mass is 10.1. The van der Waals surface area contributed by atoms with Crippen molar-refractivity contribution < 1.29 is 5.11 Å². The second-order valence-electron chi connectivity index (χ2n) is 6.85. The zero-order chi connectivity index (χ0) is 21.3. The number of hydrogen-bond donors (Lipinski definition) is 2. The minimum Gasteiger partial charge on any atom is -0.510 e. The minimum atomic E-state index is -0.470. The van der Waals surface area contributed by atoms with Crippen molar-refractivity contribution in [1.82, 2.24) is 30.2 Å². The van der Waals surface area contributed by atoms with Crippen molar-refractivity contribution in [3.8, 4) is 11.8 Å². The monoisotopic (exact) mass is 417 g/mol. The van der Waals surface area contributed by atoms with E-state index in [0.717, 1.165) is 27.8 Å². The van der Waals surface area contributed by atoms with Gasteiger partial charge in [0.25, 0.3) is 0 Å². The van der Waals surface area contributed by atoms with Gasteiger partial charge in [-0.2, -0.15) is 9.94 Å². The van der Waals surface area contributed by atoms with Crippen molar-refractivity contribution in [2.24, 2.45) is 0 Å². The van der Waals surface area contributed by atoms with E-state index < -0.39 is 5.25 Å². The summed E-state index contributed by atoms with van der Waals surface area (Å²) in [4.78, 5) is 7.51. The first kappa shape index (κ1) is 19.7. The summed E-state index contributed by atoms with van der Waals surface area (Å²) in [6.45, 7) is 5.78. The number of imidazole rings is 1. The van der Waals surface area contributed by atoms with Crippen molar-refractivity contribution in [2.75, 3.05) is 0 Å². The van der Waals surface area contributed by atoms with E-state index in [2.05, 4.69) is 31.6 Å². The number of para-hydroxylation sites is 3. The molecule has 0 fully saturated rings. The van der Waals surface area contributed by atoms with Gasteiger partial charge in [-0.1, -0.05) is 42.1 Å². The summed E-state index contributed by atoms with van der Waals surface area (Å²) < 4.78 is 1.66. The number of nitriles is 1. The Hall–Kier alpha value is -3.64. The van der Waals surface area contributed by atoms with Crippen LogP contribution in [-0.4, -0.2) is 40.5 Å². The number of nitrogens with zero attached hydrogens (tertiary/aromatic N) is 6. The van der Waals surface area contributed by atoms with E-state index in [-0.39, 0.29) is 11.3 Å². The molecule has 150 valence electrons. The highest BCUT2D eigenvalue weighted by atomic mass is 32.2. The Morgan fingerprint density at radius 3 is 2.60 bits per heavy atom. The van der Waals surface area contributed by atoms with E-state index in [1.807, 2.05) is 56.3 Å². The van der Waals surface area contributed by atoms with Gasteiger partial charge in [0.2, 0.25) is 5.16 Å². The van der Waals surface area contributed by atoms with Crippen LogP contribution in [0.5, 0.6) is 0 Å². The van der Waals surface area contributed by atoms with Gasteiger partial charge in [-0.3, -0.25) is 0 Å². The molecule has 0 saturated carbocycles. The second-order valence-corrected chi connectivity index (χ2v) is 8.16. The first-order valence-corrected chi connectivity index (χ1v) is 10.2. The van der Waals surface area contributed by atoms with Crippen molar-refractivity contribution in [3.63, 3.8) is 0 Å². The molecule has 4 rings (SSSR count). The number of aromatic amines is 1. The predicted octanol–water partition coefficient (Wildman–Crippen LogP) is 4.13. The number of aryl methyl sites for hydroxylation is 2. The molecular formula is C21H19N7OS. The molecule has 0 radical (unpaired) electrons. The molecular weight excluding hydrogens is 398 g/mol. The molecule has 0 aliphatic heterocycles. The van der Waals surface area contributed by atoms with E-state index in [9.17, 15) is 10.4 Å². The van der Waals surface area contributed by atoms with Crippen LogP contribution in [0, 0.1) is 25.2 Å². The maximum absolute atomic E-state index is 10.8. The molecule has 2 N–H and O–H groups in total. The van der Waals surface area contributed by atoms with E-state index in [1.54, 1.807) is 11.6 Å². The predicted molar refractivity (Wildman–Crippen MR) is 115 cm³/mol. The normalized spacial score (nSPS) is 13.1. The number of aromatic nitrogens is 6. The third-order valence-corrected chi connectivity index (χ3v) is 5.80. The summed E-state index contributed by atoms with van der Waals surface area (Å²) >= 11 is 1.27. The zero-order valence-electron chi connectivity index (χ0n) is 16.7. The first-order valence-electron chi connectivity index (χ1n) is 9.29. The Morgan fingerprint density at radius 1 is 1.17 bits per heavy atom. The van der Waals surface area contributed by atoms with Crippen LogP contribution in [0.2, 0.25) is 0 Å². The Balaban J connectivity index is 1.68. The number of H-pyrrole nitrogens is 1. The molecule has 0 aliphatic carbocycles. The molecule has 1 atom stereocenters. The Kier molecular flexibility index (Phi) is 5.25. The third-order valence-electron chi connectivity index (χ3n) is 4.75. The molecule has 2 aromatic carbocycles. The van der Waals surface area contributed by atoms with E-state index in [1.165, 1.54) is 11.8 Å². The lowest BCUT2D eigenvalue weighted by molar-refractivity contribution is 0.401. The quantitative estimate of drug-likeness (QED) is 0.285. The number of tetrazole rings is 1. The fourth-order valence-corrected chi connectivity index (χ4v) is 4.11. The number of rotatable bonds is 5. The maximum Gasteiger partial charge on any atom is 0.214 e. The van der Waals surface area contributed by atoms with Crippen LogP contribution in [0.25, 0.3) is 22.3 Å². The van der Waals surface area contributed by atoms with Crippen molar-refractivity contribution >= 4 is 28.4 Å². The Labute approximate surface area is 177 Å². The average molecular weight is 417 g/mol. The van der Waals surface area contributed by atoms with Gasteiger partial charge in [-0.05, 0) is 54.5 Å². The second kappa shape index (κ2) is 8.00. The molecule has 8 nitrogen and oxygen atoms in total. The highest BCUT2D eigenvalue weighted by molar-refractivity contribution is 7.99. The summed E-state index contributed by atoms with van der Waals surface area (Å²) in [6.07, 6.45) is 0. The topological polar surface area (TPSA) is 116 Å². The molecule has 4 aromatic rings. The zero-order valence-corrected chi connectivity index (χ0v) is 17.5. The highest BCUT2D eigenvalue weighted by Gasteiger charge is 2.22. The van der Waals surface area contributed by atoms with Crippen molar-refractivity contribution in [3.05, 3.63) is 65.2 Å². The van der Waals surface area contributed by atoms with Gasteiger partial charge in [0.05, 0.1) is 22.0 Å². The number of fused-ring (bicyclic) bond motifs is 1. The molecule has 0 aliphatic rings. The lowest BCUT2D eigenvalue weighted by Crippen LogP contribution is -2.09. The SMILES string of the molecule is Cc1cccc(C)c1-n1nnnc1S[C@@H](C)/C(O)=C(\C#N)c1nc2ccccc2[nH]1. The summed E-state index contributed by atoms with van der Waals surface area (Å²) in [7, 11) is 0. The average Bonchev–Trinajstić information content (AvgIpc) is 3.35. The van der Waals surface area contributed by atoms with Gasteiger partial charge >= 0.3 is 0 Å². The van der Waals surface area contributed by atoms with Crippen LogP contribution in [0.1, 0.15) is 23.9 Å². The van der Waals surface area contributed by atoms with E-state index >= 15 is 0 Å². The van der Waals surface area contributed by atoms with E-state index in [0.29, 0.717) is 11.0 Å². The van der Waals surface area contributed by atoms with Gasteiger partial charge < -0.3 is 10.1 Å². The first-order chi connectivity index (χ1) is 14.5. The van der Waals surface area contributed by atoms with Gasteiger partial charge in [-0.25, -0.2) is 4.98 Å². The molecule has 0 unspecified atom stereocenters. The maximum atomic E-state index is 10.8. The van der Waals surface area contributed by atoms with Crippen LogP contribution < -0.4 is 0 Å². The summed E-state index contributed by atoms with van der Waals surface area (Å²) in [5.74, 6) is 0.246. The fourth-order valence-electron chi connectivity index (χ4n) is 3.25. The van der Waals surface area contributed by atoms with Crippen LogP contribution >= 0.6 is 11.8 Å². The number of allylic oxidation sites excluding steroid dienone is 1. The summed E-state index contributed by atoms with van der Waals surface area (Å²) in [6, 6.07) is 15.5. The van der Waals surface area contributed by atoms with Crippen LogP contribution in [0.4, 0.5) is 0 Å². The van der Waals surface area contributed by atoms with Crippen LogP contribution in [-0.2, 0) is 0 Å². The Morgan fingerprint density at radius 2 is 1.90 bits per heavy atom. The molecule has 30 heavy (non-hydrogen) atoms. The standard InChI is InChI=1S/C21H19N7OS/c1-12-7-6-8-13(2)18(12)28-21(25-26-27-28)30-14(3)19(29)15(11-22)20-23-16-9-4-5-10-17(16)24-20/h4-10,14,29H,1-3H3,(H,23,24)/b19-15-/t14-/m0/s1. The number of aliphatic hydroxyl groups is 1. The van der Waals surface area contributed by atoms with Gasteiger partial charge in [-0.15, -0.1) is 5.10 Å². The van der Waals surface area contributed by atoms with Crippen LogP contribution in [0.15, 0.2) is 53.4 Å². The smallest absolute Gasteiger partial charge is 0.214 e. The molecule has 2 heterocycles. The van der Waals surface area contributed by atoms with Gasteiger partial charge in [0.15, 0.2) is 5.82 Å². The van der Waals surface area contributed by atoms with E-state index in [4.69, 9.17) is 0 Å². The number of hydrogen-bond acceptors (Lipinski definition) is 7. The molecule has 2 aromatic heterocycles. The lowest BCUT2D eigenvalue weighted by Gasteiger charge is -2.13. The molecule has 0 saturated heterocycles. The summed E-state index contributed by atoms with van der Waals surface area (Å²) in [5, 5.41) is 32.6. The van der Waals surface area contributed by atoms with Crippen molar-refractivity contribution in [2.45, 2.75) is 31.2 Å². The number of nitrogens with one attached hydrogen (secondary N) is 1. The number of benzene rings is 2. The highest BCUT2D eigenvalue weighted by Crippen LogP contribution is 2.31. The molecule has 9 heteroatoms. The third kappa shape index (κ3) is 3.53. The summed E-state index contributed by atoms with van der Waals surface area (Å²) in [5.41, 5.74) is 4.60. The fraction of sp³-hybridized carbons (Fsp3) is 0.190.